The van der Waals surface area contributed by atoms with Gasteiger partial charge in [-0.2, -0.15) is 4.98 Å². The van der Waals surface area contributed by atoms with Gasteiger partial charge >= 0.3 is 0 Å². The van der Waals surface area contributed by atoms with Crippen molar-refractivity contribution < 1.29 is 9.32 Å². The van der Waals surface area contributed by atoms with E-state index in [1.54, 1.807) is 32.0 Å². The SMILES string of the molecule is CC(C)(C)c1nc(C(C)(C)NC(=O)c2cccc(Cl)c2Cl)no1. The second-order valence-electron chi connectivity index (χ2n) is 6.85. The molecule has 0 bridgehead atoms. The van der Waals surface area contributed by atoms with E-state index in [0.717, 1.165) is 0 Å². The summed E-state index contributed by atoms with van der Waals surface area (Å²) in [7, 11) is 0. The van der Waals surface area contributed by atoms with Crippen molar-refractivity contribution in [2.24, 2.45) is 0 Å². The van der Waals surface area contributed by atoms with Crippen molar-refractivity contribution in [1.82, 2.24) is 15.5 Å². The fourth-order valence-corrected chi connectivity index (χ4v) is 2.25. The minimum atomic E-state index is -0.824. The fourth-order valence-electron chi connectivity index (χ4n) is 1.87. The van der Waals surface area contributed by atoms with Crippen LogP contribution in [0.2, 0.25) is 10.0 Å². The van der Waals surface area contributed by atoms with E-state index in [4.69, 9.17) is 27.7 Å². The Hall–Kier alpha value is -1.59. The summed E-state index contributed by atoms with van der Waals surface area (Å²) in [6.07, 6.45) is 0. The van der Waals surface area contributed by atoms with E-state index in [9.17, 15) is 4.79 Å². The third-order valence-electron chi connectivity index (χ3n) is 3.25. The lowest BCUT2D eigenvalue weighted by molar-refractivity contribution is 0.0907. The summed E-state index contributed by atoms with van der Waals surface area (Å²) in [6.45, 7) is 9.51. The van der Waals surface area contributed by atoms with Gasteiger partial charge < -0.3 is 9.84 Å². The van der Waals surface area contributed by atoms with Gasteiger partial charge in [-0.15, -0.1) is 0 Å². The van der Waals surface area contributed by atoms with E-state index in [2.05, 4.69) is 15.5 Å². The van der Waals surface area contributed by atoms with Crippen LogP contribution < -0.4 is 5.32 Å². The minimum absolute atomic E-state index is 0.214. The highest BCUT2D eigenvalue weighted by atomic mass is 35.5. The molecular weight excluding hydrogens is 337 g/mol. The first kappa shape index (κ1) is 17.8. The van der Waals surface area contributed by atoms with E-state index >= 15 is 0 Å². The lowest BCUT2D eigenvalue weighted by atomic mass is 9.97. The Morgan fingerprint density at radius 3 is 2.39 bits per heavy atom. The van der Waals surface area contributed by atoms with Gasteiger partial charge in [0, 0.05) is 5.41 Å². The monoisotopic (exact) mass is 355 g/mol. The number of hydrogen-bond acceptors (Lipinski definition) is 4. The van der Waals surface area contributed by atoms with Gasteiger partial charge in [-0.25, -0.2) is 0 Å². The lowest BCUT2D eigenvalue weighted by Gasteiger charge is -2.23. The smallest absolute Gasteiger partial charge is 0.253 e. The molecular formula is C16H19Cl2N3O2. The number of nitrogens with one attached hydrogen (secondary N) is 1. The van der Waals surface area contributed by atoms with Crippen molar-refractivity contribution >= 4 is 29.1 Å². The van der Waals surface area contributed by atoms with Gasteiger partial charge in [-0.1, -0.05) is 55.2 Å². The highest BCUT2D eigenvalue weighted by Gasteiger charge is 2.32. The predicted molar refractivity (Wildman–Crippen MR) is 90.0 cm³/mol. The maximum absolute atomic E-state index is 12.5. The largest absolute Gasteiger partial charge is 0.340 e. The Morgan fingerprint density at radius 2 is 1.83 bits per heavy atom. The standard InChI is InChI=1S/C16H19Cl2N3O2/c1-15(2,3)14-19-13(21-23-14)16(4,5)20-12(22)9-7-6-8-10(17)11(9)18/h6-8H,1-5H3,(H,20,22). The summed E-state index contributed by atoms with van der Waals surface area (Å²) < 4.78 is 5.29. The molecule has 0 saturated heterocycles. The van der Waals surface area contributed by atoms with Gasteiger partial charge in [0.15, 0.2) is 5.82 Å². The zero-order valence-corrected chi connectivity index (χ0v) is 15.2. The summed E-state index contributed by atoms with van der Waals surface area (Å²) in [5.41, 5.74) is -0.788. The van der Waals surface area contributed by atoms with Gasteiger partial charge in [0.1, 0.15) is 0 Å². The summed E-state index contributed by atoms with van der Waals surface area (Å²) in [4.78, 5) is 16.9. The molecule has 0 spiro atoms. The highest BCUT2D eigenvalue weighted by Crippen LogP contribution is 2.27. The van der Waals surface area contributed by atoms with Crippen molar-refractivity contribution in [2.75, 3.05) is 0 Å². The topological polar surface area (TPSA) is 68.0 Å². The molecule has 0 aliphatic rings. The number of amides is 1. The molecule has 2 aromatic rings. The molecule has 1 amide bonds. The van der Waals surface area contributed by atoms with Crippen molar-refractivity contribution in [2.45, 2.75) is 45.6 Å². The Morgan fingerprint density at radius 1 is 1.17 bits per heavy atom. The molecule has 5 nitrogen and oxygen atoms in total. The van der Waals surface area contributed by atoms with E-state index in [-0.39, 0.29) is 16.3 Å². The van der Waals surface area contributed by atoms with E-state index in [1.807, 2.05) is 20.8 Å². The number of aromatic nitrogens is 2. The van der Waals surface area contributed by atoms with Crippen molar-refractivity contribution in [1.29, 1.82) is 0 Å². The van der Waals surface area contributed by atoms with Crippen LogP contribution in [0.4, 0.5) is 0 Å². The zero-order chi connectivity index (χ0) is 17.4. The number of hydrogen-bond donors (Lipinski definition) is 1. The molecule has 23 heavy (non-hydrogen) atoms. The van der Waals surface area contributed by atoms with Crippen molar-refractivity contribution in [3.8, 4) is 0 Å². The average Bonchev–Trinajstić information content (AvgIpc) is 2.91. The molecule has 2 rings (SSSR count). The quantitative estimate of drug-likeness (QED) is 0.888. The van der Waals surface area contributed by atoms with Crippen LogP contribution in [0.25, 0.3) is 0 Å². The summed E-state index contributed by atoms with van der Waals surface area (Å²) in [5, 5.41) is 7.38. The van der Waals surface area contributed by atoms with Crippen LogP contribution in [0, 0.1) is 0 Å². The van der Waals surface area contributed by atoms with Gasteiger partial charge in [-0.05, 0) is 26.0 Å². The maximum atomic E-state index is 12.5. The molecule has 0 aliphatic carbocycles. The van der Waals surface area contributed by atoms with Crippen molar-refractivity contribution in [3.05, 3.63) is 45.5 Å². The first-order chi connectivity index (χ1) is 10.5. The molecule has 0 unspecified atom stereocenters. The van der Waals surface area contributed by atoms with Gasteiger partial charge in [0.05, 0.1) is 21.1 Å². The molecule has 0 aliphatic heterocycles. The summed E-state index contributed by atoms with van der Waals surface area (Å²) in [6, 6.07) is 4.90. The third-order valence-corrected chi connectivity index (χ3v) is 4.07. The molecule has 0 fully saturated rings. The first-order valence-corrected chi connectivity index (χ1v) is 7.89. The van der Waals surface area contributed by atoms with Crippen LogP contribution in [-0.2, 0) is 11.0 Å². The number of rotatable bonds is 3. The molecule has 0 atom stereocenters. The first-order valence-electron chi connectivity index (χ1n) is 7.13. The molecule has 124 valence electrons. The number of nitrogens with zero attached hydrogens (tertiary/aromatic N) is 2. The van der Waals surface area contributed by atoms with Crippen LogP contribution in [0.3, 0.4) is 0 Å². The second kappa shape index (κ2) is 6.13. The normalized spacial score (nSPS) is 12.3. The highest BCUT2D eigenvalue weighted by molar-refractivity contribution is 6.43. The van der Waals surface area contributed by atoms with Crippen LogP contribution >= 0.6 is 23.2 Å². The molecule has 7 heteroatoms. The Bertz CT molecular complexity index is 733. The predicted octanol–water partition coefficient (Wildman–Crippen LogP) is 4.34. The van der Waals surface area contributed by atoms with Crippen LogP contribution in [0.15, 0.2) is 22.7 Å². The lowest BCUT2D eigenvalue weighted by Crippen LogP contribution is -2.42. The van der Waals surface area contributed by atoms with E-state index in [0.29, 0.717) is 22.3 Å². The molecule has 1 aromatic heterocycles. The minimum Gasteiger partial charge on any atom is -0.340 e. The van der Waals surface area contributed by atoms with Crippen LogP contribution in [0.5, 0.6) is 0 Å². The Labute approximate surface area is 145 Å². The summed E-state index contributed by atoms with van der Waals surface area (Å²) >= 11 is 12.0. The number of carbonyl (C=O) groups excluding carboxylic acids is 1. The van der Waals surface area contributed by atoms with Crippen LogP contribution in [0.1, 0.15) is 56.7 Å². The van der Waals surface area contributed by atoms with E-state index in [1.165, 1.54) is 0 Å². The average molecular weight is 356 g/mol. The number of benzene rings is 1. The van der Waals surface area contributed by atoms with Gasteiger partial charge in [0.2, 0.25) is 5.89 Å². The maximum Gasteiger partial charge on any atom is 0.253 e. The van der Waals surface area contributed by atoms with Crippen LogP contribution in [-0.4, -0.2) is 16.0 Å². The molecule has 1 heterocycles. The summed E-state index contributed by atoms with van der Waals surface area (Å²) in [5.74, 6) is 0.550. The van der Waals surface area contributed by atoms with Gasteiger partial charge in [0.25, 0.3) is 5.91 Å². The van der Waals surface area contributed by atoms with Gasteiger partial charge in [-0.3, -0.25) is 4.79 Å². The number of halogens is 2. The zero-order valence-electron chi connectivity index (χ0n) is 13.7. The molecule has 0 radical (unpaired) electrons. The molecule has 0 saturated carbocycles. The third kappa shape index (κ3) is 3.85. The second-order valence-corrected chi connectivity index (χ2v) is 7.64. The molecule has 1 aromatic carbocycles. The van der Waals surface area contributed by atoms with E-state index < -0.39 is 5.54 Å². The van der Waals surface area contributed by atoms with Crippen molar-refractivity contribution in [3.63, 3.8) is 0 Å². The fraction of sp³-hybridized carbons (Fsp3) is 0.438. The number of carbonyl (C=O) groups is 1. The molecule has 1 N–H and O–H groups in total. The Balaban J connectivity index is 2.25. The Kier molecular flexibility index (Phi) is 4.74.